The Kier molecular flexibility index (Phi) is 7.61. The fourth-order valence-corrected chi connectivity index (χ4v) is 2.00. The van der Waals surface area contributed by atoms with Crippen LogP contribution in [0.25, 0.3) is 0 Å². The van der Waals surface area contributed by atoms with E-state index in [1.807, 2.05) is 32.9 Å². The molecule has 0 spiro atoms. The molecule has 0 aliphatic heterocycles. The lowest BCUT2D eigenvalue weighted by Crippen LogP contribution is -2.22. The molecule has 5 nitrogen and oxygen atoms in total. The first-order chi connectivity index (χ1) is 10.1. The molecular formula is C16H26N2O3. The summed E-state index contributed by atoms with van der Waals surface area (Å²) in [6.07, 6.45) is 1.30. The Labute approximate surface area is 126 Å². The molecule has 1 aromatic carbocycles. The molecule has 0 aromatic heterocycles. The molecule has 0 aliphatic carbocycles. The highest BCUT2D eigenvalue weighted by molar-refractivity contribution is 5.92. The van der Waals surface area contributed by atoms with E-state index < -0.39 is 0 Å². The summed E-state index contributed by atoms with van der Waals surface area (Å²) in [4.78, 5) is 12.1. The largest absolute Gasteiger partial charge is 0.494 e. The minimum atomic E-state index is -0.0538. The van der Waals surface area contributed by atoms with Crippen LogP contribution < -0.4 is 20.5 Å². The monoisotopic (exact) mass is 294 g/mol. The molecule has 0 saturated carbocycles. The lowest BCUT2D eigenvalue weighted by molar-refractivity contribution is -0.117. The average Bonchev–Trinajstić information content (AvgIpc) is 2.48. The molecule has 118 valence electrons. The van der Waals surface area contributed by atoms with Gasteiger partial charge in [-0.1, -0.05) is 13.3 Å². The van der Waals surface area contributed by atoms with E-state index in [1.165, 1.54) is 0 Å². The third-order valence-electron chi connectivity index (χ3n) is 3.22. The lowest BCUT2D eigenvalue weighted by atomic mass is 10.0. The highest BCUT2D eigenvalue weighted by Gasteiger charge is 2.13. The maximum atomic E-state index is 12.1. The van der Waals surface area contributed by atoms with Gasteiger partial charge in [0.25, 0.3) is 0 Å². The molecule has 3 N–H and O–H groups in total. The lowest BCUT2D eigenvalue weighted by Gasteiger charge is -2.15. The quantitative estimate of drug-likeness (QED) is 0.734. The number of amides is 1. The summed E-state index contributed by atoms with van der Waals surface area (Å²) >= 11 is 0. The first-order valence-corrected chi connectivity index (χ1v) is 7.54. The van der Waals surface area contributed by atoms with Crippen molar-refractivity contribution in [2.45, 2.75) is 33.6 Å². The molecule has 0 bridgehead atoms. The zero-order valence-electron chi connectivity index (χ0n) is 13.1. The van der Waals surface area contributed by atoms with Gasteiger partial charge in [0.15, 0.2) is 0 Å². The number of hydrogen-bond donors (Lipinski definition) is 2. The molecule has 1 unspecified atom stereocenters. The van der Waals surface area contributed by atoms with Gasteiger partial charge in [-0.15, -0.1) is 0 Å². The van der Waals surface area contributed by atoms with Gasteiger partial charge in [-0.2, -0.15) is 0 Å². The van der Waals surface area contributed by atoms with Gasteiger partial charge in [-0.05, 0) is 38.4 Å². The third-order valence-corrected chi connectivity index (χ3v) is 3.22. The van der Waals surface area contributed by atoms with Crippen molar-refractivity contribution in [1.82, 2.24) is 0 Å². The number of carbonyl (C=O) groups excluding carboxylic acids is 1. The number of anilines is 1. The van der Waals surface area contributed by atoms with E-state index in [0.717, 1.165) is 6.42 Å². The summed E-state index contributed by atoms with van der Waals surface area (Å²) < 4.78 is 11.0. The Bertz CT molecular complexity index is 445. The minimum Gasteiger partial charge on any atom is -0.494 e. The summed E-state index contributed by atoms with van der Waals surface area (Å²) in [6, 6.07) is 5.43. The summed E-state index contributed by atoms with van der Waals surface area (Å²) in [7, 11) is 0. The number of benzene rings is 1. The Morgan fingerprint density at radius 1 is 1.24 bits per heavy atom. The maximum Gasteiger partial charge on any atom is 0.224 e. The Balaban J connectivity index is 2.82. The summed E-state index contributed by atoms with van der Waals surface area (Å²) in [5, 5.41) is 2.89. The van der Waals surface area contributed by atoms with Crippen molar-refractivity contribution in [3.05, 3.63) is 18.2 Å². The Morgan fingerprint density at radius 3 is 2.52 bits per heavy atom. The number of rotatable bonds is 9. The van der Waals surface area contributed by atoms with Crippen molar-refractivity contribution in [3.8, 4) is 11.5 Å². The van der Waals surface area contributed by atoms with Crippen molar-refractivity contribution in [1.29, 1.82) is 0 Å². The predicted octanol–water partition coefficient (Wildman–Crippen LogP) is 2.80. The van der Waals surface area contributed by atoms with Crippen LogP contribution in [0, 0.1) is 5.92 Å². The number of nitrogens with two attached hydrogens (primary N) is 1. The zero-order chi connectivity index (χ0) is 15.7. The summed E-state index contributed by atoms with van der Waals surface area (Å²) in [5.74, 6) is 1.51. The van der Waals surface area contributed by atoms with Crippen molar-refractivity contribution < 1.29 is 14.3 Å². The molecule has 1 amide bonds. The van der Waals surface area contributed by atoms with Gasteiger partial charge in [0, 0.05) is 12.5 Å². The van der Waals surface area contributed by atoms with E-state index >= 15 is 0 Å². The standard InChI is InChI=1S/C16H26N2O3/c1-4-12(11-17)9-16(19)18-14-10-13(20-5-2)7-8-15(14)21-6-3/h7-8,10,12H,4-6,9,11,17H2,1-3H3,(H,18,19). The number of hydrogen-bond acceptors (Lipinski definition) is 4. The predicted molar refractivity (Wildman–Crippen MR) is 84.9 cm³/mol. The number of carbonyl (C=O) groups is 1. The molecule has 0 heterocycles. The fourth-order valence-electron chi connectivity index (χ4n) is 2.00. The van der Waals surface area contributed by atoms with Crippen LogP contribution in [-0.2, 0) is 4.79 Å². The van der Waals surface area contributed by atoms with Crippen LogP contribution in [0.1, 0.15) is 33.6 Å². The van der Waals surface area contributed by atoms with Crippen LogP contribution in [-0.4, -0.2) is 25.7 Å². The van der Waals surface area contributed by atoms with Crippen LogP contribution in [0.4, 0.5) is 5.69 Å². The minimum absolute atomic E-state index is 0.0538. The van der Waals surface area contributed by atoms with E-state index in [0.29, 0.717) is 43.4 Å². The van der Waals surface area contributed by atoms with Crippen LogP contribution in [0.15, 0.2) is 18.2 Å². The van der Waals surface area contributed by atoms with Crippen molar-refractivity contribution in [2.75, 3.05) is 25.1 Å². The molecule has 0 saturated heterocycles. The Morgan fingerprint density at radius 2 is 1.95 bits per heavy atom. The van der Waals surface area contributed by atoms with Gasteiger partial charge in [0.1, 0.15) is 11.5 Å². The van der Waals surface area contributed by atoms with Crippen LogP contribution >= 0.6 is 0 Å². The summed E-state index contributed by atoms with van der Waals surface area (Å²) in [5.41, 5.74) is 6.28. The van der Waals surface area contributed by atoms with E-state index in [-0.39, 0.29) is 11.8 Å². The van der Waals surface area contributed by atoms with E-state index in [9.17, 15) is 4.79 Å². The molecular weight excluding hydrogens is 268 g/mol. The molecule has 0 aliphatic rings. The van der Waals surface area contributed by atoms with Crippen molar-refractivity contribution >= 4 is 11.6 Å². The van der Waals surface area contributed by atoms with Gasteiger partial charge in [0.2, 0.25) is 5.91 Å². The van der Waals surface area contributed by atoms with Gasteiger partial charge in [-0.25, -0.2) is 0 Å². The number of ether oxygens (including phenoxy) is 2. The second kappa shape index (κ2) is 9.23. The van der Waals surface area contributed by atoms with Crippen LogP contribution in [0.5, 0.6) is 11.5 Å². The highest BCUT2D eigenvalue weighted by Crippen LogP contribution is 2.29. The van der Waals surface area contributed by atoms with E-state index in [1.54, 1.807) is 6.07 Å². The zero-order valence-corrected chi connectivity index (χ0v) is 13.1. The topological polar surface area (TPSA) is 73.6 Å². The first kappa shape index (κ1) is 17.3. The molecule has 1 atom stereocenters. The van der Waals surface area contributed by atoms with Crippen molar-refractivity contribution in [2.24, 2.45) is 11.7 Å². The number of nitrogens with one attached hydrogen (secondary N) is 1. The molecule has 1 rings (SSSR count). The van der Waals surface area contributed by atoms with Crippen LogP contribution in [0.3, 0.4) is 0 Å². The van der Waals surface area contributed by atoms with Gasteiger partial charge in [-0.3, -0.25) is 4.79 Å². The van der Waals surface area contributed by atoms with Gasteiger partial charge >= 0.3 is 0 Å². The Hall–Kier alpha value is -1.75. The van der Waals surface area contributed by atoms with Crippen molar-refractivity contribution in [3.63, 3.8) is 0 Å². The molecule has 0 fully saturated rings. The molecule has 5 heteroatoms. The maximum absolute atomic E-state index is 12.1. The van der Waals surface area contributed by atoms with E-state index in [4.69, 9.17) is 15.2 Å². The molecule has 0 radical (unpaired) electrons. The SMILES string of the molecule is CCOc1ccc(OCC)c(NC(=O)CC(CC)CN)c1. The average molecular weight is 294 g/mol. The molecule has 21 heavy (non-hydrogen) atoms. The summed E-state index contributed by atoms with van der Waals surface area (Å²) in [6.45, 7) is 7.49. The fraction of sp³-hybridized carbons (Fsp3) is 0.562. The first-order valence-electron chi connectivity index (χ1n) is 7.54. The van der Waals surface area contributed by atoms with Gasteiger partial charge in [0.05, 0.1) is 18.9 Å². The third kappa shape index (κ3) is 5.63. The smallest absolute Gasteiger partial charge is 0.224 e. The second-order valence-corrected chi connectivity index (χ2v) is 4.79. The van der Waals surface area contributed by atoms with E-state index in [2.05, 4.69) is 5.32 Å². The van der Waals surface area contributed by atoms with Gasteiger partial charge < -0.3 is 20.5 Å². The highest BCUT2D eigenvalue weighted by atomic mass is 16.5. The molecule has 1 aromatic rings. The normalized spacial score (nSPS) is 11.8. The second-order valence-electron chi connectivity index (χ2n) is 4.79. The van der Waals surface area contributed by atoms with Crippen LogP contribution in [0.2, 0.25) is 0 Å².